The molecule has 0 fully saturated rings. The van der Waals surface area contributed by atoms with Crippen molar-refractivity contribution in [2.24, 2.45) is 0 Å². The molecule has 0 aromatic heterocycles. The smallest absolute Gasteiger partial charge is 0.448 e. The van der Waals surface area contributed by atoms with Crippen molar-refractivity contribution in [3.63, 3.8) is 0 Å². The Bertz CT molecular complexity index is 647. The van der Waals surface area contributed by atoms with E-state index in [0.29, 0.717) is 5.69 Å². The highest BCUT2D eigenvalue weighted by Crippen LogP contribution is 2.41. The number of hydrogen-bond donors (Lipinski definition) is 0. The van der Waals surface area contributed by atoms with Gasteiger partial charge in [-0.05, 0) is 25.5 Å². The van der Waals surface area contributed by atoms with Crippen LogP contribution in [0, 0.1) is 0 Å². The summed E-state index contributed by atoms with van der Waals surface area (Å²) in [6, 6.07) is 7.15. The van der Waals surface area contributed by atoms with Gasteiger partial charge in [0.15, 0.2) is 0 Å². The molecule has 0 bridgehead atoms. The molecule has 2 rings (SSSR count). The van der Waals surface area contributed by atoms with Crippen LogP contribution in [0.3, 0.4) is 0 Å². The third-order valence-corrected chi connectivity index (χ3v) is 3.57. The summed E-state index contributed by atoms with van der Waals surface area (Å²) in [6.07, 6.45) is -4.66. The van der Waals surface area contributed by atoms with E-state index in [1.54, 1.807) is 26.0 Å². The van der Waals surface area contributed by atoms with Gasteiger partial charge in [0.2, 0.25) is 11.7 Å². The van der Waals surface area contributed by atoms with E-state index in [1.165, 1.54) is 4.90 Å². The summed E-state index contributed by atoms with van der Waals surface area (Å²) in [5.41, 5.74) is 0.736. The van der Waals surface area contributed by atoms with E-state index in [4.69, 9.17) is 0 Å². The molecule has 1 amide bonds. The molecule has 0 aliphatic carbocycles. The van der Waals surface area contributed by atoms with E-state index < -0.39 is 17.4 Å². The highest BCUT2D eigenvalue weighted by atomic mass is 19.4. The molecule has 0 saturated heterocycles. The molecule has 0 N–H and O–H groups in total. The summed E-state index contributed by atoms with van der Waals surface area (Å²) in [5.74, 6) is -1.75. The number of fused-ring (bicyclic) bond motifs is 1. The Morgan fingerprint density at radius 1 is 1.27 bits per heavy atom. The van der Waals surface area contributed by atoms with E-state index >= 15 is 0 Å². The van der Waals surface area contributed by atoms with Crippen LogP contribution >= 0.6 is 0 Å². The van der Waals surface area contributed by atoms with Crippen molar-refractivity contribution in [2.75, 3.05) is 11.4 Å². The Hall–Kier alpha value is -2.24. The van der Waals surface area contributed by atoms with Crippen LogP contribution in [0.5, 0.6) is 0 Å². The number of carbonyl (C=O) groups is 1. The van der Waals surface area contributed by atoms with Gasteiger partial charge in [-0.1, -0.05) is 31.4 Å². The third kappa shape index (κ3) is 2.73. The summed E-state index contributed by atoms with van der Waals surface area (Å²) in [4.78, 5) is 13.9. The molecule has 1 aromatic rings. The van der Waals surface area contributed by atoms with E-state index in [0.717, 1.165) is 5.56 Å². The third-order valence-electron chi connectivity index (χ3n) is 3.57. The number of carbonyl (C=O) groups excluding carboxylic acids is 1. The molecule has 6 heteroatoms. The van der Waals surface area contributed by atoms with Crippen LogP contribution < -0.4 is 4.90 Å². The number of benzene rings is 1. The van der Waals surface area contributed by atoms with Crippen LogP contribution in [-0.2, 0) is 14.9 Å². The van der Waals surface area contributed by atoms with Crippen LogP contribution in [0.2, 0.25) is 0 Å². The summed E-state index contributed by atoms with van der Waals surface area (Å²) < 4.78 is 41.8. The fourth-order valence-electron chi connectivity index (χ4n) is 2.40. The van der Waals surface area contributed by atoms with Crippen LogP contribution in [0.1, 0.15) is 19.4 Å². The molecular weight excluding hydrogens is 295 g/mol. The average Bonchev–Trinajstić information content (AvgIpc) is 2.60. The second kappa shape index (κ2) is 5.19. The zero-order valence-electron chi connectivity index (χ0n) is 12.3. The van der Waals surface area contributed by atoms with Gasteiger partial charge >= 0.3 is 6.18 Å². The number of nitrogens with zero attached hydrogens (tertiary/aromatic N) is 1. The number of alkyl halides is 3. The highest BCUT2D eigenvalue weighted by Gasteiger charge is 2.44. The van der Waals surface area contributed by atoms with Gasteiger partial charge in [-0.15, -0.1) is 0 Å². The van der Waals surface area contributed by atoms with Crippen molar-refractivity contribution in [3.8, 4) is 0 Å². The van der Waals surface area contributed by atoms with Gasteiger partial charge < -0.3 is 9.64 Å². The van der Waals surface area contributed by atoms with Gasteiger partial charge in [0.1, 0.15) is 5.76 Å². The summed E-state index contributed by atoms with van der Waals surface area (Å²) in [6.45, 7) is 9.65. The van der Waals surface area contributed by atoms with Gasteiger partial charge in [-0.25, -0.2) is 0 Å². The summed E-state index contributed by atoms with van der Waals surface area (Å²) in [5, 5.41) is 0. The zero-order chi connectivity index (χ0) is 16.7. The Morgan fingerprint density at radius 2 is 1.86 bits per heavy atom. The highest BCUT2D eigenvalue weighted by molar-refractivity contribution is 6.07. The van der Waals surface area contributed by atoms with Crippen molar-refractivity contribution < 1.29 is 22.7 Å². The molecular formula is C16H16F3NO2. The number of allylic oxidation sites excluding steroid dienone is 1. The van der Waals surface area contributed by atoms with E-state index in [2.05, 4.69) is 17.9 Å². The lowest BCUT2D eigenvalue weighted by Gasteiger charge is -2.22. The van der Waals surface area contributed by atoms with Gasteiger partial charge in [0.25, 0.3) is 0 Å². The first-order valence-corrected chi connectivity index (χ1v) is 6.58. The van der Waals surface area contributed by atoms with Crippen molar-refractivity contribution >= 4 is 11.6 Å². The van der Waals surface area contributed by atoms with Crippen LogP contribution in [0.25, 0.3) is 0 Å². The SMILES string of the molecule is C=C(CN1C(=O)C(C)(C)c2ccccc21)OC(=C)C(F)(F)F. The van der Waals surface area contributed by atoms with E-state index in [9.17, 15) is 18.0 Å². The minimum atomic E-state index is -4.66. The Kier molecular flexibility index (Phi) is 3.81. The maximum absolute atomic E-state index is 12.5. The Balaban J connectivity index is 2.19. The first-order chi connectivity index (χ1) is 10.0. The molecule has 0 saturated carbocycles. The van der Waals surface area contributed by atoms with Crippen molar-refractivity contribution in [1.82, 2.24) is 0 Å². The van der Waals surface area contributed by atoms with Crippen molar-refractivity contribution in [2.45, 2.75) is 25.4 Å². The topological polar surface area (TPSA) is 29.5 Å². The monoisotopic (exact) mass is 311 g/mol. The summed E-state index contributed by atoms with van der Waals surface area (Å²) in [7, 11) is 0. The lowest BCUT2D eigenvalue weighted by Crippen LogP contribution is -2.37. The number of rotatable bonds is 4. The molecule has 22 heavy (non-hydrogen) atoms. The summed E-state index contributed by atoms with van der Waals surface area (Å²) >= 11 is 0. The predicted molar refractivity (Wildman–Crippen MR) is 77.2 cm³/mol. The van der Waals surface area contributed by atoms with Crippen LogP contribution in [0.4, 0.5) is 18.9 Å². The number of anilines is 1. The molecule has 1 aliphatic heterocycles. The van der Waals surface area contributed by atoms with Crippen LogP contribution in [-0.4, -0.2) is 18.6 Å². The zero-order valence-corrected chi connectivity index (χ0v) is 12.3. The predicted octanol–water partition coefficient (Wildman–Crippen LogP) is 3.92. The van der Waals surface area contributed by atoms with E-state index in [1.807, 2.05) is 12.1 Å². The Morgan fingerprint density at radius 3 is 2.45 bits per heavy atom. The Labute approximate surface area is 126 Å². The number of amides is 1. The number of para-hydroxylation sites is 1. The maximum atomic E-state index is 12.5. The molecule has 0 spiro atoms. The average molecular weight is 311 g/mol. The number of ether oxygens (including phenoxy) is 1. The molecule has 118 valence electrons. The molecule has 0 unspecified atom stereocenters. The molecule has 1 aromatic carbocycles. The number of halogens is 3. The standard InChI is InChI=1S/C16H16F3NO2/c1-10(22-11(2)16(17,18)19)9-20-13-8-6-5-7-12(13)15(3,4)14(20)21/h5-8H,1-2,9H2,3-4H3. The van der Waals surface area contributed by atoms with Crippen LogP contribution in [0.15, 0.2) is 48.9 Å². The molecule has 0 radical (unpaired) electrons. The van der Waals surface area contributed by atoms with Crippen molar-refractivity contribution in [3.05, 3.63) is 54.5 Å². The fraction of sp³-hybridized carbons (Fsp3) is 0.312. The minimum Gasteiger partial charge on any atom is -0.456 e. The molecule has 0 atom stereocenters. The normalized spacial score (nSPS) is 16.4. The van der Waals surface area contributed by atoms with Gasteiger partial charge in [0.05, 0.1) is 12.0 Å². The van der Waals surface area contributed by atoms with Crippen molar-refractivity contribution in [1.29, 1.82) is 0 Å². The quantitative estimate of drug-likeness (QED) is 0.789. The van der Waals surface area contributed by atoms with Gasteiger partial charge in [-0.3, -0.25) is 4.79 Å². The number of hydrogen-bond acceptors (Lipinski definition) is 2. The second-order valence-corrected chi connectivity index (χ2v) is 5.60. The van der Waals surface area contributed by atoms with Gasteiger partial charge in [0, 0.05) is 5.69 Å². The lowest BCUT2D eigenvalue weighted by molar-refractivity contribution is -0.124. The molecule has 1 aliphatic rings. The second-order valence-electron chi connectivity index (χ2n) is 5.60. The first kappa shape index (κ1) is 16.1. The lowest BCUT2D eigenvalue weighted by atomic mass is 9.86. The fourth-order valence-corrected chi connectivity index (χ4v) is 2.40. The largest absolute Gasteiger partial charge is 0.456 e. The maximum Gasteiger partial charge on any atom is 0.448 e. The van der Waals surface area contributed by atoms with Gasteiger partial charge in [-0.2, -0.15) is 13.2 Å². The van der Waals surface area contributed by atoms with E-state index in [-0.39, 0.29) is 18.2 Å². The minimum absolute atomic E-state index is 0.158. The first-order valence-electron chi connectivity index (χ1n) is 6.58. The molecule has 1 heterocycles. The molecule has 3 nitrogen and oxygen atoms in total.